The zero-order chi connectivity index (χ0) is 25.0. The number of carbonyl (C=O) groups is 1. The number of anilines is 1. The molecule has 3 rings (SSSR count). The number of nitriles is 1. The smallest absolute Gasteiger partial charge is 0.268 e. The summed E-state index contributed by atoms with van der Waals surface area (Å²) in [5, 5.41) is 21.5. The molecule has 0 atom stereocenters. The number of nitrogens with zero attached hydrogens (tertiary/aromatic N) is 3. The van der Waals surface area contributed by atoms with Crippen molar-refractivity contribution >= 4 is 40.2 Å². The zero-order valence-electron chi connectivity index (χ0n) is 20.0. The van der Waals surface area contributed by atoms with E-state index >= 15 is 0 Å². The van der Waals surface area contributed by atoms with Crippen molar-refractivity contribution in [3.8, 4) is 17.6 Å². The highest BCUT2D eigenvalue weighted by Gasteiger charge is 2.14. The molecule has 1 amide bonds. The lowest BCUT2D eigenvalue weighted by molar-refractivity contribution is -0.112. The number of hydrogen-bond donors (Lipinski definition) is 1. The number of carbonyl (C=O) groups excluding carboxylic acids is 1. The number of thioether (sulfide) groups is 1. The minimum atomic E-state index is -0.530. The number of rotatable bonds is 12. The first-order valence-electron chi connectivity index (χ1n) is 11.3. The van der Waals surface area contributed by atoms with E-state index in [0.717, 1.165) is 30.0 Å². The third kappa shape index (κ3) is 8.12. The summed E-state index contributed by atoms with van der Waals surface area (Å²) in [6.45, 7) is 4.68. The summed E-state index contributed by atoms with van der Waals surface area (Å²) in [4.78, 5) is 13.8. The molecule has 0 saturated heterocycles. The van der Waals surface area contributed by atoms with Gasteiger partial charge in [-0.25, -0.2) is 0 Å². The maximum absolute atomic E-state index is 12.6. The Labute approximate surface area is 214 Å². The number of aryl methyl sites for hydroxylation is 2. The van der Waals surface area contributed by atoms with Crippen molar-refractivity contribution < 1.29 is 14.3 Å². The van der Waals surface area contributed by atoms with Crippen LogP contribution in [0.15, 0.2) is 52.9 Å². The van der Waals surface area contributed by atoms with E-state index in [1.54, 1.807) is 37.1 Å². The van der Waals surface area contributed by atoms with Crippen LogP contribution in [0.5, 0.6) is 11.5 Å². The molecule has 182 valence electrons. The second kappa shape index (κ2) is 13.5. The molecule has 0 spiro atoms. The Morgan fingerprint density at radius 3 is 2.71 bits per heavy atom. The highest BCUT2D eigenvalue weighted by atomic mass is 32.2. The molecule has 0 aliphatic carbocycles. The molecule has 0 bridgehead atoms. The van der Waals surface area contributed by atoms with E-state index in [0.29, 0.717) is 28.8 Å². The highest BCUT2D eigenvalue weighted by molar-refractivity contribution is 7.99. The van der Waals surface area contributed by atoms with Gasteiger partial charge in [-0.3, -0.25) is 10.1 Å². The molecule has 0 aliphatic heterocycles. The fourth-order valence-corrected chi connectivity index (χ4v) is 4.56. The van der Waals surface area contributed by atoms with Gasteiger partial charge >= 0.3 is 0 Å². The number of nitrogens with one attached hydrogen (secondary N) is 1. The molecule has 3 aromatic rings. The zero-order valence-corrected chi connectivity index (χ0v) is 21.7. The molecule has 1 heterocycles. The summed E-state index contributed by atoms with van der Waals surface area (Å²) in [5.41, 5.74) is 1.84. The van der Waals surface area contributed by atoms with Crippen molar-refractivity contribution in [3.05, 3.63) is 64.2 Å². The van der Waals surface area contributed by atoms with Crippen LogP contribution in [0.3, 0.4) is 0 Å². The number of amides is 1. The first-order valence-corrected chi connectivity index (χ1v) is 13.1. The van der Waals surface area contributed by atoms with E-state index in [1.165, 1.54) is 27.9 Å². The first-order chi connectivity index (χ1) is 17.0. The number of hydrogen-bond acceptors (Lipinski definition) is 8. The van der Waals surface area contributed by atoms with Gasteiger partial charge in [0.15, 0.2) is 11.5 Å². The molecule has 9 heteroatoms. The van der Waals surface area contributed by atoms with E-state index in [9.17, 15) is 10.1 Å². The minimum Gasteiger partial charge on any atom is -0.493 e. The number of ether oxygens (including phenoxy) is 2. The lowest BCUT2D eigenvalue weighted by Crippen LogP contribution is -2.13. The molecule has 0 fully saturated rings. The van der Waals surface area contributed by atoms with Crippen LogP contribution in [0.25, 0.3) is 6.08 Å². The Kier molecular flexibility index (Phi) is 10.1. The van der Waals surface area contributed by atoms with Crippen molar-refractivity contribution in [1.29, 1.82) is 5.26 Å². The number of benzene rings is 2. The second-order valence-corrected chi connectivity index (χ2v) is 9.88. The number of aromatic nitrogens is 2. The lowest BCUT2D eigenvalue weighted by Gasteiger charge is -2.11. The van der Waals surface area contributed by atoms with Gasteiger partial charge < -0.3 is 9.47 Å². The van der Waals surface area contributed by atoms with Gasteiger partial charge in [0.05, 0.1) is 13.7 Å². The van der Waals surface area contributed by atoms with Gasteiger partial charge in [0, 0.05) is 17.1 Å². The third-order valence-electron chi connectivity index (χ3n) is 4.93. The van der Waals surface area contributed by atoms with Crippen LogP contribution in [0.1, 0.15) is 35.9 Å². The number of unbranched alkanes of at least 4 members (excludes halogenated alkanes) is 1. The molecule has 35 heavy (non-hydrogen) atoms. The maximum Gasteiger partial charge on any atom is 0.268 e. The summed E-state index contributed by atoms with van der Waals surface area (Å²) in [6.07, 6.45) is 4.40. The van der Waals surface area contributed by atoms with Crippen molar-refractivity contribution in [2.45, 2.75) is 38.0 Å². The molecule has 7 nitrogen and oxygen atoms in total. The summed E-state index contributed by atoms with van der Waals surface area (Å²) >= 11 is 3.04. The molecule has 0 radical (unpaired) electrons. The van der Waals surface area contributed by atoms with Crippen molar-refractivity contribution in [2.75, 3.05) is 24.8 Å². The van der Waals surface area contributed by atoms with Crippen molar-refractivity contribution in [1.82, 2.24) is 10.2 Å². The van der Waals surface area contributed by atoms with E-state index in [1.807, 2.05) is 6.07 Å². The quantitative estimate of drug-likeness (QED) is 0.140. The van der Waals surface area contributed by atoms with Gasteiger partial charge in [-0.15, -0.1) is 22.0 Å². The molecule has 2 aromatic carbocycles. The Bertz CT molecular complexity index is 1200. The summed E-state index contributed by atoms with van der Waals surface area (Å²) < 4.78 is 11.4. The van der Waals surface area contributed by atoms with E-state index < -0.39 is 5.91 Å². The van der Waals surface area contributed by atoms with Gasteiger partial charge in [-0.2, -0.15) is 5.26 Å². The van der Waals surface area contributed by atoms with Gasteiger partial charge in [-0.1, -0.05) is 48.4 Å². The highest BCUT2D eigenvalue weighted by Crippen LogP contribution is 2.30. The largest absolute Gasteiger partial charge is 0.493 e. The molecule has 1 aromatic heterocycles. The standard InChI is InChI=1S/C26H28N4O3S2/c1-4-5-6-24-29-30-26(35-24)28-25(31)20(17-27)15-19-9-12-22(23(16-19)32-3)33-13-14-34-21-10-7-18(2)8-11-21/h7-12,15-16H,4-6,13-14H2,1-3H3,(H,28,30,31)/b20-15-. The molecule has 0 unspecified atom stereocenters. The molecule has 0 saturated carbocycles. The van der Waals surface area contributed by atoms with Gasteiger partial charge in [0.1, 0.15) is 16.6 Å². The molecular formula is C26H28N4O3S2. The Hall–Kier alpha value is -3.35. The van der Waals surface area contributed by atoms with Crippen molar-refractivity contribution in [3.63, 3.8) is 0 Å². The second-order valence-electron chi connectivity index (χ2n) is 7.65. The number of methoxy groups -OCH3 is 1. The van der Waals surface area contributed by atoms with Gasteiger partial charge in [-0.05, 0) is 49.2 Å². The normalized spacial score (nSPS) is 11.1. The van der Waals surface area contributed by atoms with Crippen LogP contribution in [0.4, 0.5) is 5.13 Å². The predicted octanol–water partition coefficient (Wildman–Crippen LogP) is 5.91. The van der Waals surface area contributed by atoms with Crippen LogP contribution >= 0.6 is 23.1 Å². The summed E-state index contributed by atoms with van der Waals surface area (Å²) in [6, 6.07) is 15.6. The Morgan fingerprint density at radius 1 is 1.20 bits per heavy atom. The average molecular weight is 509 g/mol. The van der Waals surface area contributed by atoms with Gasteiger partial charge in [0.2, 0.25) is 5.13 Å². The minimum absolute atomic E-state index is 0.0412. The molecular weight excluding hydrogens is 480 g/mol. The van der Waals surface area contributed by atoms with Crippen LogP contribution in [0, 0.1) is 18.3 Å². The summed E-state index contributed by atoms with van der Waals surface area (Å²) in [7, 11) is 1.56. The Morgan fingerprint density at radius 2 is 2.00 bits per heavy atom. The first kappa shape index (κ1) is 26.3. The topological polar surface area (TPSA) is 97.1 Å². The van der Waals surface area contributed by atoms with Crippen molar-refractivity contribution in [2.24, 2.45) is 0 Å². The average Bonchev–Trinajstić information content (AvgIpc) is 3.32. The maximum atomic E-state index is 12.6. The SMILES string of the molecule is CCCCc1nnc(NC(=O)/C(C#N)=C\c2ccc(OCCSc3ccc(C)cc3)c(OC)c2)s1. The van der Waals surface area contributed by atoms with E-state index in [4.69, 9.17) is 9.47 Å². The van der Waals surface area contributed by atoms with Crippen LogP contribution in [-0.4, -0.2) is 35.6 Å². The van der Waals surface area contributed by atoms with E-state index in [2.05, 4.69) is 53.6 Å². The fraction of sp³-hybridized carbons (Fsp3) is 0.308. The lowest BCUT2D eigenvalue weighted by atomic mass is 10.1. The molecule has 0 aliphatic rings. The van der Waals surface area contributed by atoms with E-state index in [-0.39, 0.29) is 5.57 Å². The fourth-order valence-electron chi connectivity index (χ4n) is 3.05. The summed E-state index contributed by atoms with van der Waals surface area (Å²) in [5.74, 6) is 1.39. The monoisotopic (exact) mass is 508 g/mol. The third-order valence-corrected chi connectivity index (χ3v) is 6.80. The Balaban J connectivity index is 1.60. The van der Waals surface area contributed by atoms with Crippen LogP contribution < -0.4 is 14.8 Å². The molecule has 1 N–H and O–H groups in total. The van der Waals surface area contributed by atoms with Crippen LogP contribution in [0.2, 0.25) is 0 Å². The van der Waals surface area contributed by atoms with Crippen LogP contribution in [-0.2, 0) is 11.2 Å². The van der Waals surface area contributed by atoms with Gasteiger partial charge in [0.25, 0.3) is 5.91 Å². The predicted molar refractivity (Wildman–Crippen MR) is 141 cm³/mol.